The molecule has 2 heterocycles. The molecule has 0 aliphatic rings. The largest absolute Gasteiger partial charge is 0.438 e. The fraction of sp³-hybridized carbons (Fsp3) is 0.100. The second-order valence-corrected chi connectivity index (χ2v) is 5.72. The van der Waals surface area contributed by atoms with E-state index in [4.69, 9.17) is 15.3 Å². The Labute approximate surface area is 149 Å². The standard InChI is InChI=1S/C20H14N4O2/c1-13-5-3-7-16(9-13)26-19-17(10-15(11-21)12-22)20(25)24-8-4-6-14(2)18(24)23-19/h3-10H,1-2H3. The van der Waals surface area contributed by atoms with Gasteiger partial charge in [0.15, 0.2) is 0 Å². The molecule has 0 saturated carbocycles. The summed E-state index contributed by atoms with van der Waals surface area (Å²) in [5.74, 6) is 0.567. The van der Waals surface area contributed by atoms with Crippen LogP contribution in [0.4, 0.5) is 0 Å². The van der Waals surface area contributed by atoms with Crippen LogP contribution >= 0.6 is 0 Å². The first-order valence-electron chi connectivity index (χ1n) is 7.82. The third-order valence-electron chi connectivity index (χ3n) is 3.78. The molecule has 1 aromatic carbocycles. The van der Waals surface area contributed by atoms with Gasteiger partial charge >= 0.3 is 0 Å². The van der Waals surface area contributed by atoms with E-state index in [0.29, 0.717) is 11.4 Å². The summed E-state index contributed by atoms with van der Waals surface area (Å²) in [5.41, 5.74) is 1.67. The molecule has 0 fully saturated rings. The Morgan fingerprint density at radius 3 is 2.65 bits per heavy atom. The Morgan fingerprint density at radius 2 is 1.96 bits per heavy atom. The highest BCUT2D eigenvalue weighted by atomic mass is 16.5. The van der Waals surface area contributed by atoms with Gasteiger partial charge < -0.3 is 4.74 Å². The van der Waals surface area contributed by atoms with Crippen molar-refractivity contribution in [3.05, 3.63) is 75.2 Å². The van der Waals surface area contributed by atoms with E-state index in [0.717, 1.165) is 11.1 Å². The predicted octanol–water partition coefficient (Wildman–Crippen LogP) is 3.53. The van der Waals surface area contributed by atoms with Gasteiger partial charge in [-0.2, -0.15) is 15.5 Å². The molecule has 3 aromatic rings. The summed E-state index contributed by atoms with van der Waals surface area (Å²) in [5, 5.41) is 18.1. The Balaban J connectivity index is 2.30. The lowest BCUT2D eigenvalue weighted by Crippen LogP contribution is -2.19. The Bertz CT molecular complexity index is 1160. The minimum Gasteiger partial charge on any atom is -0.438 e. The number of hydrogen-bond donors (Lipinski definition) is 0. The summed E-state index contributed by atoms with van der Waals surface area (Å²) in [4.78, 5) is 17.4. The molecule has 0 amide bonds. The molecule has 0 radical (unpaired) electrons. The number of ether oxygens (including phenoxy) is 1. The van der Waals surface area contributed by atoms with Crippen molar-refractivity contribution in [1.29, 1.82) is 10.5 Å². The number of fused-ring (bicyclic) bond motifs is 1. The molecular weight excluding hydrogens is 328 g/mol. The minimum atomic E-state index is -0.413. The van der Waals surface area contributed by atoms with Crippen molar-refractivity contribution in [2.45, 2.75) is 13.8 Å². The zero-order valence-electron chi connectivity index (χ0n) is 14.2. The number of nitriles is 2. The maximum Gasteiger partial charge on any atom is 0.269 e. The number of benzene rings is 1. The van der Waals surface area contributed by atoms with Gasteiger partial charge in [0.2, 0.25) is 5.88 Å². The number of nitrogens with zero attached hydrogens (tertiary/aromatic N) is 4. The third-order valence-corrected chi connectivity index (χ3v) is 3.78. The first kappa shape index (κ1) is 16.9. The van der Waals surface area contributed by atoms with E-state index in [-0.39, 0.29) is 17.0 Å². The van der Waals surface area contributed by atoms with E-state index in [1.54, 1.807) is 30.5 Å². The molecule has 0 atom stereocenters. The Hall–Kier alpha value is -3.90. The second-order valence-electron chi connectivity index (χ2n) is 5.72. The third kappa shape index (κ3) is 3.17. The summed E-state index contributed by atoms with van der Waals surface area (Å²) < 4.78 is 7.21. The quantitative estimate of drug-likeness (QED) is 0.679. The van der Waals surface area contributed by atoms with Gasteiger partial charge in [0.1, 0.15) is 34.7 Å². The second kappa shape index (κ2) is 6.92. The van der Waals surface area contributed by atoms with Crippen molar-refractivity contribution in [3.63, 3.8) is 0 Å². The van der Waals surface area contributed by atoms with E-state index in [2.05, 4.69) is 4.98 Å². The van der Waals surface area contributed by atoms with Crippen LogP contribution in [-0.2, 0) is 0 Å². The van der Waals surface area contributed by atoms with Crippen molar-refractivity contribution in [2.24, 2.45) is 0 Å². The number of hydrogen-bond acceptors (Lipinski definition) is 5. The highest BCUT2D eigenvalue weighted by Gasteiger charge is 2.15. The van der Waals surface area contributed by atoms with Crippen LogP contribution in [0.2, 0.25) is 0 Å². The monoisotopic (exact) mass is 342 g/mol. The molecule has 0 N–H and O–H groups in total. The minimum absolute atomic E-state index is 0.0488. The molecule has 6 heteroatoms. The van der Waals surface area contributed by atoms with Gasteiger partial charge in [0.25, 0.3) is 5.56 Å². The van der Waals surface area contributed by atoms with E-state index in [1.165, 1.54) is 10.5 Å². The van der Waals surface area contributed by atoms with Gasteiger partial charge in [0, 0.05) is 6.20 Å². The summed E-state index contributed by atoms with van der Waals surface area (Å²) >= 11 is 0. The van der Waals surface area contributed by atoms with Crippen molar-refractivity contribution >= 4 is 11.7 Å². The lowest BCUT2D eigenvalue weighted by Gasteiger charge is -2.11. The molecule has 0 unspecified atom stereocenters. The number of aromatic nitrogens is 2. The maximum atomic E-state index is 12.9. The Kier molecular flexibility index (Phi) is 4.51. The van der Waals surface area contributed by atoms with E-state index < -0.39 is 5.56 Å². The van der Waals surface area contributed by atoms with Crippen molar-refractivity contribution in [2.75, 3.05) is 0 Å². The van der Waals surface area contributed by atoms with Crippen molar-refractivity contribution in [3.8, 4) is 23.8 Å². The molecule has 26 heavy (non-hydrogen) atoms. The normalized spacial score (nSPS) is 10.0. The lowest BCUT2D eigenvalue weighted by molar-refractivity contribution is 0.460. The topological polar surface area (TPSA) is 91.2 Å². The van der Waals surface area contributed by atoms with Crippen LogP contribution in [0.25, 0.3) is 11.7 Å². The zero-order valence-corrected chi connectivity index (χ0v) is 14.2. The molecule has 126 valence electrons. The summed E-state index contributed by atoms with van der Waals surface area (Å²) in [7, 11) is 0. The van der Waals surface area contributed by atoms with Crippen LogP contribution in [0.15, 0.2) is 53.0 Å². The molecule has 3 rings (SSSR count). The Morgan fingerprint density at radius 1 is 1.19 bits per heavy atom. The van der Waals surface area contributed by atoms with Crippen molar-refractivity contribution < 1.29 is 4.74 Å². The molecule has 2 aromatic heterocycles. The summed E-state index contributed by atoms with van der Waals surface area (Å²) in [6.07, 6.45) is 2.79. The molecule has 0 aliphatic carbocycles. The zero-order chi connectivity index (χ0) is 18.7. The van der Waals surface area contributed by atoms with E-state index in [9.17, 15) is 4.79 Å². The number of pyridine rings is 1. The van der Waals surface area contributed by atoms with Crippen LogP contribution in [0.1, 0.15) is 16.7 Å². The first-order valence-corrected chi connectivity index (χ1v) is 7.82. The fourth-order valence-electron chi connectivity index (χ4n) is 2.52. The average molecular weight is 342 g/mol. The number of aryl methyl sites for hydroxylation is 2. The number of allylic oxidation sites excluding steroid dienone is 1. The van der Waals surface area contributed by atoms with Crippen LogP contribution in [0.3, 0.4) is 0 Å². The van der Waals surface area contributed by atoms with E-state index >= 15 is 0 Å². The van der Waals surface area contributed by atoms with E-state index in [1.807, 2.05) is 38.1 Å². The molecule has 0 saturated heterocycles. The summed E-state index contributed by atoms with van der Waals surface area (Å²) in [6.45, 7) is 3.76. The smallest absolute Gasteiger partial charge is 0.269 e. The fourth-order valence-corrected chi connectivity index (χ4v) is 2.52. The lowest BCUT2D eigenvalue weighted by atomic mass is 10.2. The molecular formula is C20H14N4O2. The SMILES string of the molecule is Cc1cccc(Oc2nc3c(C)cccn3c(=O)c2C=C(C#N)C#N)c1. The molecule has 6 nitrogen and oxygen atoms in total. The van der Waals surface area contributed by atoms with Crippen LogP contribution in [0.5, 0.6) is 11.6 Å². The highest BCUT2D eigenvalue weighted by Crippen LogP contribution is 2.25. The van der Waals surface area contributed by atoms with Gasteiger partial charge in [0.05, 0.1) is 0 Å². The average Bonchev–Trinajstić information content (AvgIpc) is 2.63. The highest BCUT2D eigenvalue weighted by molar-refractivity contribution is 5.66. The van der Waals surface area contributed by atoms with Gasteiger partial charge in [-0.05, 0) is 49.2 Å². The van der Waals surface area contributed by atoms with Gasteiger partial charge in [-0.3, -0.25) is 9.20 Å². The first-order chi connectivity index (χ1) is 12.5. The van der Waals surface area contributed by atoms with Crippen molar-refractivity contribution in [1.82, 2.24) is 9.38 Å². The van der Waals surface area contributed by atoms with Crippen LogP contribution in [-0.4, -0.2) is 9.38 Å². The number of rotatable bonds is 3. The van der Waals surface area contributed by atoms with Gasteiger partial charge in [-0.25, -0.2) is 0 Å². The summed E-state index contributed by atoms with van der Waals surface area (Å²) in [6, 6.07) is 14.4. The maximum absolute atomic E-state index is 12.9. The molecule has 0 bridgehead atoms. The van der Waals surface area contributed by atoms with Gasteiger partial charge in [-0.1, -0.05) is 18.2 Å². The predicted molar refractivity (Wildman–Crippen MR) is 96.7 cm³/mol. The van der Waals surface area contributed by atoms with Crippen LogP contribution in [0, 0.1) is 36.5 Å². The molecule has 0 aliphatic heterocycles. The van der Waals surface area contributed by atoms with Gasteiger partial charge in [-0.15, -0.1) is 0 Å². The van der Waals surface area contributed by atoms with Crippen LogP contribution < -0.4 is 10.3 Å². The molecule has 0 spiro atoms.